The number of anilines is 2. The number of aromatic nitrogens is 1. The molecule has 2 aromatic rings. The molecule has 1 N–H and O–H groups in total. The van der Waals surface area contributed by atoms with Crippen LogP contribution in [0.2, 0.25) is 5.02 Å². The quantitative estimate of drug-likeness (QED) is 0.946. The second kappa shape index (κ2) is 6.33. The average molecular weight is 304 g/mol. The van der Waals surface area contributed by atoms with Gasteiger partial charge in [0.2, 0.25) is 0 Å². The number of aliphatic hydroxyl groups is 1. The van der Waals surface area contributed by atoms with Crippen molar-refractivity contribution in [2.75, 3.05) is 36.0 Å². The molecular weight excluding hydrogens is 286 g/mol. The van der Waals surface area contributed by atoms with Gasteiger partial charge in [0.15, 0.2) is 0 Å². The van der Waals surface area contributed by atoms with Crippen LogP contribution in [-0.2, 0) is 6.61 Å². The van der Waals surface area contributed by atoms with Crippen LogP contribution >= 0.6 is 11.6 Å². The van der Waals surface area contributed by atoms with Gasteiger partial charge in [-0.2, -0.15) is 0 Å². The van der Waals surface area contributed by atoms with Crippen LogP contribution in [0.15, 0.2) is 42.6 Å². The number of hydrogen-bond acceptors (Lipinski definition) is 4. The standard InChI is InChI=1S/C16H18ClN3O/c17-13-2-1-3-15(10-13)19-6-8-20(9-7-19)16-4-5-18-14(11-16)12-21/h1-5,10-11,21H,6-9,12H2. The number of halogens is 1. The van der Waals surface area contributed by atoms with Gasteiger partial charge < -0.3 is 14.9 Å². The van der Waals surface area contributed by atoms with E-state index in [1.54, 1.807) is 6.20 Å². The number of rotatable bonds is 3. The maximum Gasteiger partial charge on any atom is 0.0853 e. The molecule has 0 atom stereocenters. The molecule has 21 heavy (non-hydrogen) atoms. The summed E-state index contributed by atoms with van der Waals surface area (Å²) in [4.78, 5) is 8.79. The van der Waals surface area contributed by atoms with Gasteiger partial charge in [-0.25, -0.2) is 0 Å². The van der Waals surface area contributed by atoms with Crippen LogP contribution in [0.25, 0.3) is 0 Å². The Bertz CT molecular complexity index is 612. The molecule has 0 amide bonds. The van der Waals surface area contributed by atoms with E-state index in [4.69, 9.17) is 11.6 Å². The molecule has 3 rings (SSSR count). The largest absolute Gasteiger partial charge is 0.390 e. The van der Waals surface area contributed by atoms with E-state index in [0.29, 0.717) is 5.69 Å². The highest BCUT2D eigenvalue weighted by Gasteiger charge is 2.18. The van der Waals surface area contributed by atoms with Crippen molar-refractivity contribution in [2.45, 2.75) is 6.61 Å². The summed E-state index contributed by atoms with van der Waals surface area (Å²) in [6.07, 6.45) is 1.75. The molecule has 1 aliphatic heterocycles. The minimum Gasteiger partial charge on any atom is -0.390 e. The van der Waals surface area contributed by atoms with Crippen LogP contribution in [0.1, 0.15) is 5.69 Å². The fraction of sp³-hybridized carbons (Fsp3) is 0.312. The van der Waals surface area contributed by atoms with Crippen molar-refractivity contribution in [1.29, 1.82) is 0 Å². The predicted octanol–water partition coefficient (Wildman–Crippen LogP) is 2.55. The monoisotopic (exact) mass is 303 g/mol. The zero-order valence-electron chi connectivity index (χ0n) is 11.7. The molecule has 0 saturated carbocycles. The van der Waals surface area contributed by atoms with Crippen molar-refractivity contribution < 1.29 is 5.11 Å². The summed E-state index contributed by atoms with van der Waals surface area (Å²) in [7, 11) is 0. The average Bonchev–Trinajstić information content (AvgIpc) is 2.55. The summed E-state index contributed by atoms with van der Waals surface area (Å²) < 4.78 is 0. The first kappa shape index (κ1) is 14.2. The zero-order valence-corrected chi connectivity index (χ0v) is 12.5. The van der Waals surface area contributed by atoms with Crippen molar-refractivity contribution in [3.05, 3.63) is 53.3 Å². The van der Waals surface area contributed by atoms with Crippen LogP contribution < -0.4 is 9.80 Å². The van der Waals surface area contributed by atoms with Crippen molar-refractivity contribution in [2.24, 2.45) is 0 Å². The molecule has 0 unspecified atom stereocenters. The smallest absolute Gasteiger partial charge is 0.0853 e. The Kier molecular flexibility index (Phi) is 4.27. The van der Waals surface area contributed by atoms with Crippen LogP contribution in [0.5, 0.6) is 0 Å². The van der Waals surface area contributed by atoms with E-state index in [1.165, 1.54) is 5.69 Å². The Morgan fingerprint density at radius 2 is 1.67 bits per heavy atom. The fourth-order valence-corrected chi connectivity index (χ4v) is 2.83. The lowest BCUT2D eigenvalue weighted by Gasteiger charge is -2.37. The van der Waals surface area contributed by atoms with Gasteiger partial charge in [0, 0.05) is 48.8 Å². The topological polar surface area (TPSA) is 39.6 Å². The molecule has 0 aliphatic carbocycles. The van der Waals surface area contributed by atoms with E-state index in [0.717, 1.165) is 36.9 Å². The zero-order chi connectivity index (χ0) is 14.7. The first-order valence-corrected chi connectivity index (χ1v) is 7.45. The van der Waals surface area contributed by atoms with Gasteiger partial charge in [0.05, 0.1) is 12.3 Å². The molecule has 0 spiro atoms. The van der Waals surface area contributed by atoms with Crippen molar-refractivity contribution in [3.63, 3.8) is 0 Å². The molecule has 1 aromatic carbocycles. The number of nitrogens with zero attached hydrogens (tertiary/aromatic N) is 3. The fourth-order valence-electron chi connectivity index (χ4n) is 2.64. The summed E-state index contributed by atoms with van der Waals surface area (Å²) in [5.41, 5.74) is 3.01. The maximum atomic E-state index is 9.18. The van der Waals surface area contributed by atoms with Gasteiger partial charge >= 0.3 is 0 Å². The molecule has 110 valence electrons. The Balaban J connectivity index is 1.67. The van der Waals surface area contributed by atoms with E-state index in [9.17, 15) is 5.11 Å². The van der Waals surface area contributed by atoms with E-state index in [1.807, 2.05) is 30.3 Å². The second-order valence-corrected chi connectivity index (χ2v) is 5.55. The van der Waals surface area contributed by atoms with Crippen molar-refractivity contribution in [1.82, 2.24) is 4.98 Å². The summed E-state index contributed by atoms with van der Waals surface area (Å²) in [5, 5.41) is 9.95. The summed E-state index contributed by atoms with van der Waals surface area (Å²) in [6.45, 7) is 3.79. The van der Waals surface area contributed by atoms with E-state index >= 15 is 0 Å². The van der Waals surface area contributed by atoms with Gasteiger partial charge in [-0.05, 0) is 30.3 Å². The number of aliphatic hydroxyl groups excluding tert-OH is 1. The maximum absolute atomic E-state index is 9.18. The lowest BCUT2D eigenvalue weighted by Crippen LogP contribution is -2.46. The normalized spacial score (nSPS) is 15.3. The highest BCUT2D eigenvalue weighted by Crippen LogP contribution is 2.23. The highest BCUT2D eigenvalue weighted by atomic mass is 35.5. The van der Waals surface area contributed by atoms with Crippen LogP contribution in [0, 0.1) is 0 Å². The Morgan fingerprint density at radius 1 is 1.00 bits per heavy atom. The summed E-state index contributed by atoms with van der Waals surface area (Å²) in [5.74, 6) is 0. The van der Waals surface area contributed by atoms with Gasteiger partial charge in [-0.1, -0.05) is 17.7 Å². The summed E-state index contributed by atoms with van der Waals surface area (Å²) >= 11 is 6.05. The lowest BCUT2D eigenvalue weighted by atomic mass is 10.2. The number of benzene rings is 1. The molecular formula is C16H18ClN3O. The molecule has 1 fully saturated rings. The molecule has 5 heteroatoms. The van der Waals surface area contributed by atoms with E-state index < -0.39 is 0 Å². The minimum absolute atomic E-state index is 0.0175. The van der Waals surface area contributed by atoms with Crippen molar-refractivity contribution in [3.8, 4) is 0 Å². The third kappa shape index (κ3) is 3.28. The molecule has 0 radical (unpaired) electrons. The molecule has 4 nitrogen and oxygen atoms in total. The number of piperazine rings is 1. The SMILES string of the molecule is OCc1cc(N2CCN(c3cccc(Cl)c3)CC2)ccn1. The Labute approximate surface area is 129 Å². The molecule has 1 saturated heterocycles. The molecule has 2 heterocycles. The minimum atomic E-state index is -0.0175. The van der Waals surface area contributed by atoms with E-state index in [2.05, 4.69) is 20.9 Å². The molecule has 1 aliphatic rings. The number of pyridine rings is 1. The second-order valence-electron chi connectivity index (χ2n) is 5.12. The van der Waals surface area contributed by atoms with Gasteiger partial charge in [0.1, 0.15) is 0 Å². The highest BCUT2D eigenvalue weighted by molar-refractivity contribution is 6.30. The number of hydrogen-bond donors (Lipinski definition) is 1. The van der Waals surface area contributed by atoms with Crippen LogP contribution in [0.4, 0.5) is 11.4 Å². The third-order valence-corrected chi connectivity index (χ3v) is 4.02. The van der Waals surface area contributed by atoms with Gasteiger partial charge in [-0.3, -0.25) is 4.98 Å². The molecule has 0 bridgehead atoms. The predicted molar refractivity (Wildman–Crippen MR) is 86.0 cm³/mol. The first-order valence-electron chi connectivity index (χ1n) is 7.07. The Morgan fingerprint density at radius 3 is 2.29 bits per heavy atom. The third-order valence-electron chi connectivity index (χ3n) is 3.78. The van der Waals surface area contributed by atoms with E-state index in [-0.39, 0.29) is 6.61 Å². The van der Waals surface area contributed by atoms with Gasteiger partial charge in [0.25, 0.3) is 0 Å². The molecule has 1 aromatic heterocycles. The lowest BCUT2D eigenvalue weighted by molar-refractivity contribution is 0.277. The first-order chi connectivity index (χ1) is 10.3. The van der Waals surface area contributed by atoms with Crippen molar-refractivity contribution >= 4 is 23.0 Å². The Hall–Kier alpha value is -1.78. The van der Waals surface area contributed by atoms with Crippen LogP contribution in [-0.4, -0.2) is 36.3 Å². The van der Waals surface area contributed by atoms with Crippen LogP contribution in [0.3, 0.4) is 0 Å². The van der Waals surface area contributed by atoms with Gasteiger partial charge in [-0.15, -0.1) is 0 Å². The summed E-state index contributed by atoms with van der Waals surface area (Å²) in [6, 6.07) is 11.9.